The van der Waals surface area contributed by atoms with Gasteiger partial charge in [-0.15, -0.1) is 0 Å². The van der Waals surface area contributed by atoms with E-state index in [9.17, 15) is 56.3 Å². The second-order valence-corrected chi connectivity index (χ2v) is 13.1. The predicted octanol–water partition coefficient (Wildman–Crippen LogP) is 7.80. The Hall–Kier alpha value is -3.47. The maximum absolute atomic E-state index is 14.5. The number of halogens is 9. The summed E-state index contributed by atoms with van der Waals surface area (Å²) in [5.74, 6) is -16.7. The SMILES string of the molecule is Cc1ccc(S(=O)(=O)Oc2c(C)cc(C)cc2-c2cc(C)cc(C)c2OS(=O)(=O)C(F)(F)C(F)(F)C(F)(F)C(F)(F)F)cc1. The van der Waals surface area contributed by atoms with Gasteiger partial charge in [0.25, 0.3) is 0 Å². The molecule has 0 heterocycles. The van der Waals surface area contributed by atoms with Gasteiger partial charge in [-0.05, 0) is 81.1 Å². The molecule has 3 rings (SSSR count). The summed E-state index contributed by atoms with van der Waals surface area (Å²) in [6.07, 6.45) is -7.27. The van der Waals surface area contributed by atoms with E-state index in [0.29, 0.717) is 11.1 Å². The van der Waals surface area contributed by atoms with Crippen LogP contribution in [-0.4, -0.2) is 40.1 Å². The van der Waals surface area contributed by atoms with Crippen LogP contribution in [0, 0.1) is 34.6 Å². The Bertz CT molecular complexity index is 1800. The molecule has 0 spiro atoms. The number of alkyl halides is 9. The van der Waals surface area contributed by atoms with Crippen LogP contribution in [0.25, 0.3) is 11.1 Å². The number of benzene rings is 3. The first-order valence-corrected chi connectivity index (χ1v) is 15.0. The summed E-state index contributed by atoms with van der Waals surface area (Å²) in [5, 5.41) is -7.12. The van der Waals surface area contributed by atoms with E-state index >= 15 is 0 Å². The Morgan fingerprint density at radius 1 is 0.545 bits per heavy atom. The highest BCUT2D eigenvalue weighted by Gasteiger charge is 2.86. The summed E-state index contributed by atoms with van der Waals surface area (Å²) in [5.41, 5.74) is 0.174. The third kappa shape index (κ3) is 6.07. The van der Waals surface area contributed by atoms with Gasteiger partial charge in [0.05, 0.1) is 0 Å². The van der Waals surface area contributed by atoms with E-state index in [1.807, 2.05) is 0 Å². The van der Waals surface area contributed by atoms with Crippen molar-refractivity contribution in [2.24, 2.45) is 0 Å². The molecule has 0 aliphatic rings. The van der Waals surface area contributed by atoms with Crippen LogP contribution in [0.5, 0.6) is 11.5 Å². The largest absolute Gasteiger partial charge is 0.460 e. The van der Waals surface area contributed by atoms with Crippen LogP contribution in [0.4, 0.5) is 39.5 Å². The van der Waals surface area contributed by atoms with Gasteiger partial charge in [0.15, 0.2) is 11.5 Å². The van der Waals surface area contributed by atoms with Crippen molar-refractivity contribution < 1.29 is 64.7 Å². The molecule has 0 atom stereocenters. The molecule has 17 heteroatoms. The highest BCUT2D eigenvalue weighted by atomic mass is 32.2. The number of rotatable bonds is 9. The Morgan fingerprint density at radius 2 is 0.955 bits per heavy atom. The van der Waals surface area contributed by atoms with Gasteiger partial charge in [0.2, 0.25) is 0 Å². The van der Waals surface area contributed by atoms with Crippen LogP contribution in [0.2, 0.25) is 0 Å². The van der Waals surface area contributed by atoms with E-state index in [4.69, 9.17) is 4.18 Å². The average Bonchev–Trinajstić information content (AvgIpc) is 2.86. The molecule has 0 aliphatic carbocycles. The molecular weight excluding hydrogens is 655 g/mol. The van der Waals surface area contributed by atoms with Crippen molar-refractivity contribution in [2.45, 2.75) is 62.8 Å². The quantitative estimate of drug-likeness (QED) is 0.170. The van der Waals surface area contributed by atoms with Gasteiger partial charge < -0.3 is 8.37 Å². The Kier molecular flexibility index (Phi) is 8.88. The van der Waals surface area contributed by atoms with Crippen LogP contribution in [0.15, 0.2) is 53.4 Å². The molecule has 3 aromatic carbocycles. The zero-order chi connectivity index (χ0) is 33.8. The van der Waals surface area contributed by atoms with Crippen LogP contribution >= 0.6 is 0 Å². The molecule has 6 nitrogen and oxygen atoms in total. The van der Waals surface area contributed by atoms with Crippen LogP contribution in [0.1, 0.15) is 27.8 Å². The summed E-state index contributed by atoms with van der Waals surface area (Å²) < 4.78 is 183. The Balaban J connectivity index is 2.26. The second-order valence-electron chi connectivity index (χ2n) is 9.97. The highest BCUT2D eigenvalue weighted by Crippen LogP contribution is 2.55. The molecule has 3 aromatic rings. The number of hydrogen-bond donors (Lipinski definition) is 0. The van der Waals surface area contributed by atoms with E-state index in [1.54, 1.807) is 6.92 Å². The topological polar surface area (TPSA) is 86.7 Å². The molecule has 0 bridgehead atoms. The van der Waals surface area contributed by atoms with Crippen LogP contribution in [-0.2, 0) is 20.2 Å². The third-order valence-corrected chi connectivity index (χ3v) is 8.76. The minimum atomic E-state index is -7.52. The van der Waals surface area contributed by atoms with Crippen molar-refractivity contribution in [3.63, 3.8) is 0 Å². The van der Waals surface area contributed by atoms with E-state index in [0.717, 1.165) is 19.1 Å². The lowest BCUT2D eigenvalue weighted by Crippen LogP contribution is -2.63. The molecule has 0 N–H and O–H groups in total. The summed E-state index contributed by atoms with van der Waals surface area (Å²) in [6, 6.07) is 10.1. The first kappa shape index (κ1) is 35.0. The van der Waals surface area contributed by atoms with E-state index in [1.165, 1.54) is 57.2 Å². The Labute approximate surface area is 246 Å². The zero-order valence-corrected chi connectivity index (χ0v) is 24.9. The lowest BCUT2D eigenvalue weighted by atomic mass is 9.95. The van der Waals surface area contributed by atoms with Crippen molar-refractivity contribution >= 4 is 20.2 Å². The molecule has 0 unspecified atom stereocenters. The van der Waals surface area contributed by atoms with Gasteiger partial charge in [0, 0.05) is 11.1 Å². The number of hydrogen-bond acceptors (Lipinski definition) is 6. The van der Waals surface area contributed by atoms with Crippen LogP contribution < -0.4 is 8.37 Å². The fourth-order valence-electron chi connectivity index (χ4n) is 4.07. The van der Waals surface area contributed by atoms with Gasteiger partial charge in [0.1, 0.15) is 4.90 Å². The minimum Gasteiger partial charge on any atom is -0.378 e. The molecule has 0 aromatic heterocycles. The second kappa shape index (κ2) is 11.2. The third-order valence-electron chi connectivity index (χ3n) is 6.25. The van der Waals surface area contributed by atoms with Gasteiger partial charge >= 0.3 is 43.5 Å². The average molecular weight is 679 g/mol. The monoisotopic (exact) mass is 678 g/mol. The van der Waals surface area contributed by atoms with Crippen molar-refractivity contribution in [1.82, 2.24) is 0 Å². The minimum absolute atomic E-state index is 0.102. The van der Waals surface area contributed by atoms with Crippen molar-refractivity contribution in [3.8, 4) is 22.6 Å². The molecule has 0 saturated heterocycles. The van der Waals surface area contributed by atoms with Crippen molar-refractivity contribution in [2.75, 3.05) is 0 Å². The van der Waals surface area contributed by atoms with Gasteiger partial charge in [-0.2, -0.15) is 56.3 Å². The summed E-state index contributed by atoms with van der Waals surface area (Å²) >= 11 is 0. The number of aryl methyl sites for hydroxylation is 5. The molecule has 0 radical (unpaired) electrons. The van der Waals surface area contributed by atoms with E-state index in [2.05, 4.69) is 4.18 Å². The van der Waals surface area contributed by atoms with Gasteiger partial charge in [-0.25, -0.2) is 0 Å². The molecule has 0 amide bonds. The fourth-order valence-corrected chi connectivity index (χ4v) is 6.07. The summed E-state index contributed by atoms with van der Waals surface area (Å²) in [4.78, 5) is -0.319. The summed E-state index contributed by atoms with van der Waals surface area (Å²) in [6.45, 7) is 6.98. The fraction of sp³-hybridized carbons (Fsp3) is 0.333. The maximum atomic E-state index is 14.5. The lowest BCUT2D eigenvalue weighted by molar-refractivity contribution is -0.382. The first-order chi connectivity index (χ1) is 19.8. The predicted molar refractivity (Wildman–Crippen MR) is 140 cm³/mol. The highest BCUT2D eigenvalue weighted by molar-refractivity contribution is 7.88. The first-order valence-electron chi connectivity index (χ1n) is 12.1. The molecule has 0 saturated carbocycles. The lowest BCUT2D eigenvalue weighted by Gasteiger charge is -2.32. The van der Waals surface area contributed by atoms with E-state index < -0.39 is 60.6 Å². The summed E-state index contributed by atoms with van der Waals surface area (Å²) in [7, 11) is -11.9. The molecule has 0 fully saturated rings. The van der Waals surface area contributed by atoms with Crippen molar-refractivity contribution in [1.29, 1.82) is 0 Å². The van der Waals surface area contributed by atoms with Gasteiger partial charge in [-0.3, -0.25) is 0 Å². The standard InChI is InChI=1S/C27H23F9O6S2/c1-14-6-8-19(9-7-14)43(37,38)41-22-17(4)10-15(2)12-20(22)21-13-16(3)11-18(5)23(21)42-44(39,40)27(35,36)25(30,31)24(28,29)26(32,33)34/h6-13H,1-5H3. The van der Waals surface area contributed by atoms with E-state index in [-0.39, 0.29) is 27.1 Å². The zero-order valence-electron chi connectivity index (χ0n) is 23.3. The normalized spacial score (nSPS) is 13.6. The molecule has 242 valence electrons. The van der Waals surface area contributed by atoms with Crippen LogP contribution in [0.3, 0.4) is 0 Å². The molecule has 0 aliphatic heterocycles. The van der Waals surface area contributed by atoms with Crippen molar-refractivity contribution in [3.05, 3.63) is 76.3 Å². The maximum Gasteiger partial charge on any atom is 0.460 e. The Morgan fingerprint density at radius 3 is 1.36 bits per heavy atom. The molecular formula is C27H23F9O6S2. The molecule has 44 heavy (non-hydrogen) atoms. The smallest absolute Gasteiger partial charge is 0.378 e. The van der Waals surface area contributed by atoms with Gasteiger partial charge in [-0.1, -0.05) is 29.8 Å².